The van der Waals surface area contributed by atoms with Crippen LogP contribution in [0.1, 0.15) is 96.8 Å². The molecule has 0 aromatic rings. The van der Waals surface area contributed by atoms with Gasteiger partial charge in [0.05, 0.1) is 0 Å². The molecule has 0 aliphatic rings. The Kier molecular flexibility index (Phi) is 17.1. The minimum Gasteiger partial charge on any atom is -0.481 e. The Bertz CT molecular complexity index is 292. The van der Waals surface area contributed by atoms with Gasteiger partial charge in [-0.1, -0.05) is 82.6 Å². The first-order valence-corrected chi connectivity index (χ1v) is 9.30. The second-order valence-corrected chi connectivity index (χ2v) is 6.11. The molecule has 128 valence electrons. The van der Waals surface area contributed by atoms with Crippen LogP contribution in [-0.4, -0.2) is 11.1 Å². The topological polar surface area (TPSA) is 37.3 Å². The molecule has 0 saturated heterocycles. The summed E-state index contributed by atoms with van der Waals surface area (Å²) in [6.45, 7) is 2.25. The molecular weight excluding hydrogens is 272 g/mol. The average molecular weight is 309 g/mol. The Balaban J connectivity index is 3.17. The highest BCUT2D eigenvalue weighted by Gasteiger charge is 1.96. The van der Waals surface area contributed by atoms with Crippen molar-refractivity contribution in [3.63, 3.8) is 0 Å². The molecule has 1 N–H and O–H groups in total. The lowest BCUT2D eigenvalue weighted by atomic mass is 10.1. The molecule has 22 heavy (non-hydrogen) atoms. The van der Waals surface area contributed by atoms with E-state index in [0.29, 0.717) is 6.42 Å². The summed E-state index contributed by atoms with van der Waals surface area (Å²) in [4.78, 5) is 10.3. The first-order valence-electron chi connectivity index (χ1n) is 9.30. The fourth-order valence-corrected chi connectivity index (χ4v) is 2.46. The predicted molar refractivity (Wildman–Crippen MR) is 96.2 cm³/mol. The van der Waals surface area contributed by atoms with Crippen molar-refractivity contribution < 1.29 is 9.90 Å². The molecule has 0 amide bonds. The maximum Gasteiger partial charge on any atom is 0.303 e. The number of hydrogen-bond acceptors (Lipinski definition) is 1. The maximum atomic E-state index is 10.3. The second-order valence-electron chi connectivity index (χ2n) is 6.11. The summed E-state index contributed by atoms with van der Waals surface area (Å²) >= 11 is 0. The van der Waals surface area contributed by atoms with Gasteiger partial charge in [0.1, 0.15) is 0 Å². The van der Waals surface area contributed by atoms with E-state index in [9.17, 15) is 4.79 Å². The number of allylic oxidation sites excluding steroid dienone is 4. The highest BCUT2D eigenvalue weighted by atomic mass is 16.4. The number of rotatable bonds is 16. The van der Waals surface area contributed by atoms with Gasteiger partial charge >= 0.3 is 5.97 Å². The van der Waals surface area contributed by atoms with E-state index in [0.717, 1.165) is 12.8 Å². The van der Waals surface area contributed by atoms with Crippen LogP contribution in [-0.2, 0) is 4.79 Å². The maximum absolute atomic E-state index is 10.3. The molecular formula is C20H36O2. The number of aliphatic carboxylic acids is 1. The molecule has 0 aromatic carbocycles. The van der Waals surface area contributed by atoms with E-state index in [1.54, 1.807) is 0 Å². The third kappa shape index (κ3) is 18.9. The van der Waals surface area contributed by atoms with Crippen LogP contribution >= 0.6 is 0 Å². The van der Waals surface area contributed by atoms with Gasteiger partial charge in [-0.2, -0.15) is 0 Å². The molecule has 2 heteroatoms. The van der Waals surface area contributed by atoms with E-state index in [2.05, 4.69) is 31.2 Å². The number of carboxylic acid groups (broad SMARTS) is 1. The smallest absolute Gasteiger partial charge is 0.303 e. The lowest BCUT2D eigenvalue weighted by Gasteiger charge is -2.00. The van der Waals surface area contributed by atoms with Gasteiger partial charge in [0.2, 0.25) is 0 Å². The Morgan fingerprint density at radius 3 is 1.68 bits per heavy atom. The first kappa shape index (κ1) is 20.9. The predicted octanol–water partition coefficient (Wildman–Crippen LogP) is 6.66. The standard InChI is InChI=1S/C20H36O2/c1-2-3-4-5-6-7-8-9-10-11-12-13-14-15-16-17-18-19-20(21)22/h7-10H,2-6,11-19H2,1H3,(H,21,22)/b8-7-,10-9+. The molecule has 0 aliphatic carbocycles. The lowest BCUT2D eigenvalue weighted by molar-refractivity contribution is -0.137. The molecule has 0 aromatic heterocycles. The molecule has 0 unspecified atom stereocenters. The largest absolute Gasteiger partial charge is 0.481 e. The van der Waals surface area contributed by atoms with Crippen LogP contribution in [0.25, 0.3) is 0 Å². The van der Waals surface area contributed by atoms with Gasteiger partial charge in [-0.05, 0) is 32.1 Å². The molecule has 0 spiro atoms. The van der Waals surface area contributed by atoms with Gasteiger partial charge in [0.25, 0.3) is 0 Å². The van der Waals surface area contributed by atoms with Crippen molar-refractivity contribution in [3.8, 4) is 0 Å². The molecule has 0 radical (unpaired) electrons. The SMILES string of the molecule is CCCCCC/C=C\C=C\CCCCCCCCCC(=O)O. The lowest BCUT2D eigenvalue weighted by Crippen LogP contribution is -1.93. The summed E-state index contributed by atoms with van der Waals surface area (Å²) in [7, 11) is 0. The van der Waals surface area contributed by atoms with Gasteiger partial charge in [0.15, 0.2) is 0 Å². The van der Waals surface area contributed by atoms with E-state index in [-0.39, 0.29) is 0 Å². The summed E-state index contributed by atoms with van der Waals surface area (Å²) < 4.78 is 0. The van der Waals surface area contributed by atoms with Crippen molar-refractivity contribution in [2.75, 3.05) is 0 Å². The summed E-state index contributed by atoms with van der Waals surface area (Å²) in [5.41, 5.74) is 0. The van der Waals surface area contributed by atoms with E-state index >= 15 is 0 Å². The van der Waals surface area contributed by atoms with Crippen LogP contribution in [0.5, 0.6) is 0 Å². The minimum atomic E-state index is -0.665. The molecule has 2 nitrogen and oxygen atoms in total. The highest BCUT2D eigenvalue weighted by Crippen LogP contribution is 2.10. The van der Waals surface area contributed by atoms with Crippen LogP contribution in [0.4, 0.5) is 0 Å². The Hall–Kier alpha value is -1.05. The molecule has 0 bridgehead atoms. The van der Waals surface area contributed by atoms with Crippen LogP contribution in [0, 0.1) is 0 Å². The van der Waals surface area contributed by atoms with Crippen molar-refractivity contribution in [2.45, 2.75) is 96.8 Å². The number of hydrogen-bond donors (Lipinski definition) is 1. The van der Waals surface area contributed by atoms with Crippen LogP contribution in [0.2, 0.25) is 0 Å². The molecule has 0 aliphatic heterocycles. The van der Waals surface area contributed by atoms with Crippen molar-refractivity contribution in [3.05, 3.63) is 24.3 Å². The molecule has 0 saturated carbocycles. The third-order valence-corrected chi connectivity index (χ3v) is 3.87. The van der Waals surface area contributed by atoms with Gasteiger partial charge in [-0.15, -0.1) is 0 Å². The van der Waals surface area contributed by atoms with E-state index < -0.39 is 5.97 Å². The summed E-state index contributed by atoms with van der Waals surface area (Å²) in [6.07, 6.45) is 25.2. The van der Waals surface area contributed by atoms with E-state index in [1.807, 2.05) is 0 Å². The summed E-state index contributed by atoms with van der Waals surface area (Å²) in [5, 5.41) is 8.53. The van der Waals surface area contributed by atoms with Gasteiger partial charge in [0, 0.05) is 6.42 Å². The summed E-state index contributed by atoms with van der Waals surface area (Å²) in [5.74, 6) is -0.665. The summed E-state index contributed by atoms with van der Waals surface area (Å²) in [6, 6.07) is 0. The zero-order chi connectivity index (χ0) is 16.3. The van der Waals surface area contributed by atoms with Gasteiger partial charge in [-0.25, -0.2) is 0 Å². The van der Waals surface area contributed by atoms with Crippen molar-refractivity contribution in [2.24, 2.45) is 0 Å². The van der Waals surface area contributed by atoms with Crippen molar-refractivity contribution in [1.82, 2.24) is 0 Å². The Labute approximate surface area is 137 Å². The van der Waals surface area contributed by atoms with Crippen LogP contribution in [0.15, 0.2) is 24.3 Å². The number of carbonyl (C=O) groups is 1. The molecule has 0 fully saturated rings. The van der Waals surface area contributed by atoms with Gasteiger partial charge < -0.3 is 5.11 Å². The van der Waals surface area contributed by atoms with Crippen LogP contribution < -0.4 is 0 Å². The fourth-order valence-electron chi connectivity index (χ4n) is 2.46. The third-order valence-electron chi connectivity index (χ3n) is 3.87. The fraction of sp³-hybridized carbons (Fsp3) is 0.750. The molecule has 0 atom stereocenters. The first-order chi connectivity index (χ1) is 10.8. The van der Waals surface area contributed by atoms with Crippen molar-refractivity contribution >= 4 is 5.97 Å². The Morgan fingerprint density at radius 2 is 1.18 bits per heavy atom. The van der Waals surface area contributed by atoms with Gasteiger partial charge in [-0.3, -0.25) is 4.79 Å². The second kappa shape index (κ2) is 18.0. The number of carboxylic acids is 1. The monoisotopic (exact) mass is 308 g/mol. The zero-order valence-corrected chi connectivity index (χ0v) is 14.6. The van der Waals surface area contributed by atoms with E-state index in [1.165, 1.54) is 70.6 Å². The zero-order valence-electron chi connectivity index (χ0n) is 14.6. The highest BCUT2D eigenvalue weighted by molar-refractivity contribution is 5.66. The normalized spacial score (nSPS) is 11.7. The average Bonchev–Trinajstić information content (AvgIpc) is 2.50. The molecule has 0 heterocycles. The quantitative estimate of drug-likeness (QED) is 0.255. The van der Waals surface area contributed by atoms with Crippen molar-refractivity contribution in [1.29, 1.82) is 0 Å². The molecule has 0 rings (SSSR count). The number of unbranched alkanes of at least 4 members (excludes halogenated alkanes) is 11. The van der Waals surface area contributed by atoms with E-state index in [4.69, 9.17) is 5.11 Å². The van der Waals surface area contributed by atoms with Crippen LogP contribution in [0.3, 0.4) is 0 Å². The Morgan fingerprint density at radius 1 is 0.727 bits per heavy atom. The minimum absolute atomic E-state index is 0.330.